The Hall–Kier alpha value is -1.94. The Bertz CT molecular complexity index is 591. The summed E-state index contributed by atoms with van der Waals surface area (Å²) in [7, 11) is 0.402. The normalized spacial score (nSPS) is 11.8. The number of Topliss-reactive ketones (excluding diaryl/α,β-unsaturated/α-hetero) is 1. The van der Waals surface area contributed by atoms with Crippen LogP contribution in [0.4, 0.5) is 0 Å². The number of carbonyl (C=O) groups is 1. The van der Waals surface area contributed by atoms with Crippen LogP contribution in [0.2, 0.25) is 0 Å². The molecule has 0 spiro atoms. The summed E-state index contributed by atoms with van der Waals surface area (Å²) >= 11 is 0. The van der Waals surface area contributed by atoms with Gasteiger partial charge >= 0.3 is 0 Å². The van der Waals surface area contributed by atoms with E-state index in [0.717, 1.165) is 11.3 Å². The quantitative estimate of drug-likeness (QED) is 0.768. The Balaban J connectivity index is 1.93. The number of hydrogen-bond acceptors (Lipinski definition) is 3. The van der Waals surface area contributed by atoms with E-state index >= 15 is 0 Å². The molecule has 104 valence electrons. The SMILES string of the molecule is COc1ccc(C[S@](=O)CC(=O)c2ccccc2)cc1. The van der Waals surface area contributed by atoms with Gasteiger partial charge < -0.3 is 4.74 Å². The molecule has 0 aliphatic carbocycles. The van der Waals surface area contributed by atoms with Crippen LogP contribution in [-0.4, -0.2) is 22.9 Å². The average Bonchev–Trinajstić information content (AvgIpc) is 2.49. The maximum absolute atomic E-state index is 12.0. The monoisotopic (exact) mass is 288 g/mol. The van der Waals surface area contributed by atoms with Crippen molar-refractivity contribution in [1.29, 1.82) is 0 Å². The summed E-state index contributed by atoms with van der Waals surface area (Å²) in [5.41, 5.74) is 1.54. The summed E-state index contributed by atoms with van der Waals surface area (Å²) < 4.78 is 17.1. The first-order valence-electron chi connectivity index (χ1n) is 6.25. The molecule has 0 unspecified atom stereocenters. The fraction of sp³-hybridized carbons (Fsp3) is 0.188. The van der Waals surface area contributed by atoms with Crippen LogP contribution in [0.5, 0.6) is 5.75 Å². The number of rotatable bonds is 6. The van der Waals surface area contributed by atoms with Gasteiger partial charge in [-0.05, 0) is 17.7 Å². The minimum atomic E-state index is -1.20. The Morgan fingerprint density at radius 1 is 1.05 bits per heavy atom. The lowest BCUT2D eigenvalue weighted by Gasteiger charge is -2.04. The first-order valence-corrected chi connectivity index (χ1v) is 7.74. The summed E-state index contributed by atoms with van der Waals surface area (Å²) in [5.74, 6) is 1.11. The Morgan fingerprint density at radius 3 is 2.30 bits per heavy atom. The van der Waals surface area contributed by atoms with Gasteiger partial charge in [0, 0.05) is 22.1 Å². The van der Waals surface area contributed by atoms with Gasteiger partial charge in [-0.3, -0.25) is 9.00 Å². The van der Waals surface area contributed by atoms with Crippen molar-refractivity contribution in [3.63, 3.8) is 0 Å². The van der Waals surface area contributed by atoms with Crippen LogP contribution in [0.15, 0.2) is 54.6 Å². The highest BCUT2D eigenvalue weighted by molar-refractivity contribution is 7.85. The molecule has 0 fully saturated rings. The van der Waals surface area contributed by atoms with Gasteiger partial charge in [0.05, 0.1) is 12.9 Å². The van der Waals surface area contributed by atoms with Crippen molar-refractivity contribution in [3.05, 3.63) is 65.7 Å². The number of ketones is 1. The smallest absolute Gasteiger partial charge is 0.175 e. The zero-order valence-electron chi connectivity index (χ0n) is 11.2. The number of methoxy groups -OCH3 is 1. The molecule has 3 nitrogen and oxygen atoms in total. The lowest BCUT2D eigenvalue weighted by Crippen LogP contribution is -2.12. The van der Waals surface area contributed by atoms with Gasteiger partial charge in [0.1, 0.15) is 5.75 Å². The minimum Gasteiger partial charge on any atom is -0.497 e. The molecule has 4 heteroatoms. The molecule has 2 aromatic rings. The van der Waals surface area contributed by atoms with E-state index in [9.17, 15) is 9.00 Å². The molecule has 0 radical (unpaired) electrons. The zero-order valence-corrected chi connectivity index (χ0v) is 12.1. The van der Waals surface area contributed by atoms with Crippen LogP contribution in [0, 0.1) is 0 Å². The van der Waals surface area contributed by atoms with E-state index in [1.165, 1.54) is 0 Å². The van der Waals surface area contributed by atoms with Crippen molar-refractivity contribution >= 4 is 16.6 Å². The van der Waals surface area contributed by atoms with E-state index in [1.807, 2.05) is 30.3 Å². The third kappa shape index (κ3) is 4.03. The van der Waals surface area contributed by atoms with Crippen LogP contribution in [-0.2, 0) is 16.6 Å². The van der Waals surface area contributed by atoms with Crippen molar-refractivity contribution in [2.45, 2.75) is 5.75 Å². The molecule has 2 aromatic carbocycles. The van der Waals surface area contributed by atoms with Crippen LogP contribution in [0.1, 0.15) is 15.9 Å². The van der Waals surface area contributed by atoms with Crippen LogP contribution in [0.25, 0.3) is 0 Å². The van der Waals surface area contributed by atoms with Crippen LogP contribution in [0.3, 0.4) is 0 Å². The van der Waals surface area contributed by atoms with Crippen molar-refractivity contribution in [3.8, 4) is 5.75 Å². The van der Waals surface area contributed by atoms with E-state index in [4.69, 9.17) is 4.74 Å². The van der Waals surface area contributed by atoms with Crippen molar-refractivity contribution < 1.29 is 13.7 Å². The third-order valence-corrected chi connectivity index (χ3v) is 4.11. The number of carbonyl (C=O) groups excluding carboxylic acids is 1. The molecule has 0 saturated heterocycles. The summed E-state index contributed by atoms with van der Waals surface area (Å²) in [4.78, 5) is 11.9. The second-order valence-electron chi connectivity index (χ2n) is 4.37. The molecule has 0 saturated carbocycles. The topological polar surface area (TPSA) is 43.4 Å². The predicted molar refractivity (Wildman–Crippen MR) is 80.5 cm³/mol. The summed E-state index contributed by atoms with van der Waals surface area (Å²) in [5, 5.41) is 0. The Labute approximate surface area is 121 Å². The predicted octanol–water partition coefficient (Wildman–Crippen LogP) is 2.83. The number of hydrogen-bond donors (Lipinski definition) is 0. The summed E-state index contributed by atoms with van der Waals surface area (Å²) in [6.07, 6.45) is 0. The van der Waals surface area contributed by atoms with Gasteiger partial charge in [-0.2, -0.15) is 0 Å². The molecule has 20 heavy (non-hydrogen) atoms. The fourth-order valence-corrected chi connectivity index (χ4v) is 2.94. The summed E-state index contributed by atoms with van der Waals surface area (Å²) in [6, 6.07) is 16.3. The van der Waals surface area contributed by atoms with Gasteiger partial charge in [0.15, 0.2) is 5.78 Å². The minimum absolute atomic E-state index is 0.0516. The van der Waals surface area contributed by atoms with E-state index in [2.05, 4.69) is 0 Å². The highest BCUT2D eigenvalue weighted by Gasteiger charge is 2.10. The second kappa shape index (κ2) is 7.01. The van der Waals surface area contributed by atoms with Crippen LogP contribution >= 0.6 is 0 Å². The largest absolute Gasteiger partial charge is 0.497 e. The van der Waals surface area contributed by atoms with E-state index in [1.54, 1.807) is 31.4 Å². The highest BCUT2D eigenvalue weighted by Crippen LogP contribution is 2.13. The highest BCUT2D eigenvalue weighted by atomic mass is 32.2. The molecule has 0 aromatic heterocycles. The first-order chi connectivity index (χ1) is 9.69. The van der Waals surface area contributed by atoms with Gasteiger partial charge in [-0.1, -0.05) is 42.5 Å². The van der Waals surface area contributed by atoms with Gasteiger partial charge in [0.2, 0.25) is 0 Å². The maximum Gasteiger partial charge on any atom is 0.175 e. The average molecular weight is 288 g/mol. The van der Waals surface area contributed by atoms with Gasteiger partial charge in [-0.25, -0.2) is 0 Å². The van der Waals surface area contributed by atoms with E-state index in [-0.39, 0.29) is 11.5 Å². The molecule has 0 bridgehead atoms. The van der Waals surface area contributed by atoms with Crippen molar-refractivity contribution in [2.24, 2.45) is 0 Å². The molecular formula is C16H16O3S. The molecule has 0 aliphatic rings. The molecule has 0 heterocycles. The summed E-state index contributed by atoms with van der Waals surface area (Å²) in [6.45, 7) is 0. The maximum atomic E-state index is 12.0. The number of benzene rings is 2. The fourth-order valence-electron chi connectivity index (χ4n) is 1.81. The standard InChI is InChI=1S/C16H16O3S/c1-19-15-9-7-13(8-10-15)11-20(18)12-16(17)14-5-3-2-4-6-14/h2-10H,11-12H2,1H3/t20-/m0/s1. The third-order valence-electron chi connectivity index (χ3n) is 2.87. The lowest BCUT2D eigenvalue weighted by molar-refractivity contribution is 0.102. The molecule has 0 N–H and O–H groups in total. The Morgan fingerprint density at radius 2 is 1.70 bits per heavy atom. The molecular weight excluding hydrogens is 272 g/mol. The molecule has 2 rings (SSSR count). The lowest BCUT2D eigenvalue weighted by atomic mass is 10.2. The number of ether oxygens (including phenoxy) is 1. The van der Waals surface area contributed by atoms with E-state index < -0.39 is 10.8 Å². The van der Waals surface area contributed by atoms with Gasteiger partial charge in [-0.15, -0.1) is 0 Å². The van der Waals surface area contributed by atoms with Gasteiger partial charge in [0.25, 0.3) is 0 Å². The van der Waals surface area contributed by atoms with E-state index in [0.29, 0.717) is 11.3 Å². The molecule has 0 amide bonds. The first kappa shape index (κ1) is 14.5. The van der Waals surface area contributed by atoms with Crippen molar-refractivity contribution in [2.75, 3.05) is 12.9 Å². The molecule has 1 atom stereocenters. The zero-order chi connectivity index (χ0) is 14.4. The van der Waals surface area contributed by atoms with Crippen molar-refractivity contribution in [1.82, 2.24) is 0 Å². The second-order valence-corrected chi connectivity index (χ2v) is 5.82. The molecule has 0 aliphatic heterocycles. The van der Waals surface area contributed by atoms with Crippen LogP contribution < -0.4 is 4.74 Å². The Kier molecular flexibility index (Phi) is 5.07.